The van der Waals surface area contributed by atoms with E-state index in [9.17, 15) is 4.21 Å². The van der Waals surface area contributed by atoms with E-state index in [0.29, 0.717) is 16.6 Å². The first-order valence-corrected chi connectivity index (χ1v) is 7.16. The van der Waals surface area contributed by atoms with Crippen LogP contribution in [0.15, 0.2) is 11.2 Å². The van der Waals surface area contributed by atoms with Crippen molar-refractivity contribution in [3.8, 4) is 0 Å². The molecule has 0 bridgehead atoms. The minimum Gasteiger partial charge on any atom is -0.248 e. The van der Waals surface area contributed by atoms with E-state index in [1.807, 2.05) is 20.8 Å². The normalized spacial score (nSPS) is 25.2. The molecule has 0 saturated carbocycles. The van der Waals surface area contributed by atoms with Gasteiger partial charge in [-0.1, -0.05) is 20.8 Å². The average molecular weight is 239 g/mol. The van der Waals surface area contributed by atoms with E-state index in [1.54, 1.807) is 6.20 Å². The SMILES string of the molecule is CC(C)(C)c1ncc2c(n1)S(=N)(=O)CCC2. The van der Waals surface area contributed by atoms with Crippen molar-refractivity contribution in [2.45, 2.75) is 44.1 Å². The molecule has 16 heavy (non-hydrogen) atoms. The molecule has 0 amide bonds. The number of aromatic nitrogens is 2. The van der Waals surface area contributed by atoms with Crippen molar-refractivity contribution in [2.75, 3.05) is 5.75 Å². The lowest BCUT2D eigenvalue weighted by Crippen LogP contribution is -2.22. The Kier molecular flexibility index (Phi) is 2.53. The molecular weight excluding hydrogens is 222 g/mol. The van der Waals surface area contributed by atoms with Crippen LogP contribution in [-0.4, -0.2) is 19.9 Å². The zero-order valence-electron chi connectivity index (χ0n) is 9.91. The fourth-order valence-electron chi connectivity index (χ4n) is 1.77. The Hall–Kier alpha value is -0.970. The lowest BCUT2D eigenvalue weighted by atomic mass is 9.95. The molecule has 4 nitrogen and oxygen atoms in total. The zero-order valence-corrected chi connectivity index (χ0v) is 10.7. The Morgan fingerprint density at radius 2 is 2.12 bits per heavy atom. The summed E-state index contributed by atoms with van der Waals surface area (Å²) in [4.78, 5) is 8.67. The predicted molar refractivity (Wildman–Crippen MR) is 63.0 cm³/mol. The largest absolute Gasteiger partial charge is 0.248 e. The molecule has 1 aromatic rings. The molecule has 2 heterocycles. The number of rotatable bonds is 0. The van der Waals surface area contributed by atoms with E-state index in [1.165, 1.54) is 0 Å². The van der Waals surface area contributed by atoms with Gasteiger partial charge in [-0.2, -0.15) is 0 Å². The van der Waals surface area contributed by atoms with Crippen LogP contribution < -0.4 is 0 Å². The maximum atomic E-state index is 12.1. The number of hydrogen-bond donors (Lipinski definition) is 1. The summed E-state index contributed by atoms with van der Waals surface area (Å²) in [5, 5.41) is 0.471. The topological polar surface area (TPSA) is 66.7 Å². The van der Waals surface area contributed by atoms with Crippen LogP contribution in [0.5, 0.6) is 0 Å². The van der Waals surface area contributed by atoms with Gasteiger partial charge in [-0.05, 0) is 12.8 Å². The molecule has 5 heteroatoms. The van der Waals surface area contributed by atoms with Crippen molar-refractivity contribution in [1.29, 1.82) is 4.78 Å². The molecule has 1 aromatic heterocycles. The van der Waals surface area contributed by atoms with E-state index in [4.69, 9.17) is 4.78 Å². The van der Waals surface area contributed by atoms with Crippen LogP contribution >= 0.6 is 0 Å². The van der Waals surface area contributed by atoms with Crippen LogP contribution in [0.4, 0.5) is 0 Å². The maximum absolute atomic E-state index is 12.1. The van der Waals surface area contributed by atoms with Crippen molar-refractivity contribution < 1.29 is 4.21 Å². The minimum atomic E-state index is -2.68. The van der Waals surface area contributed by atoms with Crippen LogP contribution in [0.2, 0.25) is 0 Å². The lowest BCUT2D eigenvalue weighted by molar-refractivity contribution is 0.532. The molecule has 1 N–H and O–H groups in total. The Morgan fingerprint density at radius 1 is 1.44 bits per heavy atom. The van der Waals surface area contributed by atoms with Gasteiger partial charge in [0.1, 0.15) is 10.9 Å². The highest BCUT2D eigenvalue weighted by atomic mass is 32.2. The molecule has 0 spiro atoms. The van der Waals surface area contributed by atoms with Gasteiger partial charge in [-0.25, -0.2) is 19.0 Å². The number of nitrogens with zero attached hydrogens (tertiary/aromatic N) is 2. The third-order valence-electron chi connectivity index (χ3n) is 2.69. The molecule has 0 saturated heterocycles. The Labute approximate surface area is 96.5 Å². The van der Waals surface area contributed by atoms with E-state index in [-0.39, 0.29) is 5.41 Å². The van der Waals surface area contributed by atoms with Crippen molar-refractivity contribution >= 4 is 9.73 Å². The number of nitrogens with one attached hydrogen (secondary N) is 1. The van der Waals surface area contributed by atoms with E-state index >= 15 is 0 Å². The third-order valence-corrected chi connectivity index (χ3v) is 4.53. The van der Waals surface area contributed by atoms with Crippen molar-refractivity contribution in [3.63, 3.8) is 0 Å². The second-order valence-corrected chi connectivity index (χ2v) is 7.40. The van der Waals surface area contributed by atoms with Gasteiger partial charge in [-0.3, -0.25) is 0 Å². The molecule has 1 aliphatic heterocycles. The van der Waals surface area contributed by atoms with E-state index < -0.39 is 9.73 Å². The van der Waals surface area contributed by atoms with E-state index in [0.717, 1.165) is 18.4 Å². The van der Waals surface area contributed by atoms with Gasteiger partial charge in [0.05, 0.1) is 9.73 Å². The van der Waals surface area contributed by atoms with Crippen molar-refractivity contribution in [3.05, 3.63) is 17.6 Å². The molecule has 0 aliphatic carbocycles. The summed E-state index contributed by atoms with van der Waals surface area (Å²) in [6, 6.07) is 0. The number of aryl methyl sites for hydroxylation is 1. The quantitative estimate of drug-likeness (QED) is 0.705. The molecular formula is C11H17N3OS. The maximum Gasteiger partial charge on any atom is 0.142 e. The van der Waals surface area contributed by atoms with Gasteiger partial charge in [0.25, 0.3) is 0 Å². The molecule has 0 fully saturated rings. The summed E-state index contributed by atoms with van der Waals surface area (Å²) in [6.07, 6.45) is 3.39. The van der Waals surface area contributed by atoms with Gasteiger partial charge < -0.3 is 0 Å². The van der Waals surface area contributed by atoms with E-state index in [2.05, 4.69) is 9.97 Å². The monoisotopic (exact) mass is 239 g/mol. The molecule has 1 unspecified atom stereocenters. The fraction of sp³-hybridized carbons (Fsp3) is 0.636. The second kappa shape index (κ2) is 3.52. The summed E-state index contributed by atoms with van der Waals surface area (Å²) in [7, 11) is -2.68. The Balaban J connectivity index is 2.61. The third kappa shape index (κ3) is 1.96. The Morgan fingerprint density at radius 3 is 2.75 bits per heavy atom. The van der Waals surface area contributed by atoms with Gasteiger partial charge in [0.15, 0.2) is 0 Å². The van der Waals surface area contributed by atoms with Crippen molar-refractivity contribution in [2.24, 2.45) is 0 Å². The van der Waals surface area contributed by atoms with Gasteiger partial charge in [-0.15, -0.1) is 0 Å². The van der Waals surface area contributed by atoms with Crippen LogP contribution in [0.25, 0.3) is 0 Å². The molecule has 2 rings (SSSR count). The van der Waals surface area contributed by atoms with Gasteiger partial charge in [0, 0.05) is 22.9 Å². The summed E-state index contributed by atoms with van der Waals surface area (Å²) >= 11 is 0. The lowest BCUT2D eigenvalue weighted by Gasteiger charge is -2.21. The standard InChI is InChI=1S/C11H17N3OS/c1-11(2,3)10-13-7-8-5-4-6-16(12,15)9(8)14-10/h7,12H,4-6H2,1-3H3. The van der Waals surface area contributed by atoms with Crippen molar-refractivity contribution in [1.82, 2.24) is 9.97 Å². The molecule has 0 radical (unpaired) electrons. The predicted octanol–water partition coefficient (Wildman–Crippen LogP) is 2.13. The van der Waals surface area contributed by atoms with Crippen LogP contribution in [0.1, 0.15) is 38.6 Å². The van der Waals surface area contributed by atoms with Crippen LogP contribution in [0.3, 0.4) is 0 Å². The average Bonchev–Trinajstić information content (AvgIpc) is 2.15. The van der Waals surface area contributed by atoms with Crippen LogP contribution in [0, 0.1) is 4.78 Å². The first-order valence-electron chi connectivity index (χ1n) is 5.43. The first kappa shape index (κ1) is 11.5. The smallest absolute Gasteiger partial charge is 0.142 e. The summed E-state index contributed by atoms with van der Waals surface area (Å²) in [5.74, 6) is 1.11. The second-order valence-electron chi connectivity index (χ2n) is 5.26. The van der Waals surface area contributed by atoms with Crippen LogP contribution in [-0.2, 0) is 21.6 Å². The summed E-state index contributed by atoms with van der Waals surface area (Å²) < 4.78 is 19.9. The molecule has 0 aromatic carbocycles. The number of fused-ring (bicyclic) bond motifs is 1. The fourth-order valence-corrected chi connectivity index (χ4v) is 3.33. The van der Waals surface area contributed by atoms with Gasteiger partial charge >= 0.3 is 0 Å². The Bertz CT molecular complexity index is 515. The molecule has 1 atom stereocenters. The minimum absolute atomic E-state index is 0.165. The zero-order chi connectivity index (χ0) is 12.0. The number of hydrogen-bond acceptors (Lipinski definition) is 4. The molecule has 1 aliphatic rings. The highest BCUT2D eigenvalue weighted by molar-refractivity contribution is 7.92. The summed E-state index contributed by atoms with van der Waals surface area (Å²) in [5.41, 5.74) is 0.724. The summed E-state index contributed by atoms with van der Waals surface area (Å²) in [6.45, 7) is 6.05. The first-order chi connectivity index (χ1) is 7.31. The highest BCUT2D eigenvalue weighted by Gasteiger charge is 2.26. The van der Waals surface area contributed by atoms with Gasteiger partial charge in [0.2, 0.25) is 0 Å². The highest BCUT2D eigenvalue weighted by Crippen LogP contribution is 2.26. The molecule has 88 valence electrons.